The standard InChI is InChI=1S/C17H19N3.H2O/c1-3-17-19-15-7-5-4-6-14(15)12-16(20(17)2)13-8-10-18-11-9-13;/h4-11,16H,3,12H2,1-2H3;1H2. The van der Waals surface area contributed by atoms with Gasteiger partial charge in [0.25, 0.3) is 0 Å². The van der Waals surface area contributed by atoms with E-state index in [1.165, 1.54) is 11.1 Å². The molecule has 1 aliphatic rings. The van der Waals surface area contributed by atoms with E-state index in [1.54, 1.807) is 0 Å². The van der Waals surface area contributed by atoms with Crippen molar-refractivity contribution in [3.63, 3.8) is 0 Å². The quantitative estimate of drug-likeness (QED) is 0.850. The molecule has 4 heteroatoms. The van der Waals surface area contributed by atoms with Crippen molar-refractivity contribution in [3.05, 3.63) is 59.9 Å². The lowest BCUT2D eigenvalue weighted by Crippen LogP contribution is -2.30. The summed E-state index contributed by atoms with van der Waals surface area (Å²) < 4.78 is 0. The minimum atomic E-state index is 0. The normalized spacial score (nSPS) is 17.3. The van der Waals surface area contributed by atoms with Gasteiger partial charge in [0.15, 0.2) is 0 Å². The van der Waals surface area contributed by atoms with Crippen LogP contribution in [0, 0.1) is 0 Å². The van der Waals surface area contributed by atoms with Crippen molar-refractivity contribution in [1.29, 1.82) is 0 Å². The Morgan fingerprint density at radius 1 is 1.14 bits per heavy atom. The number of aromatic nitrogens is 1. The molecule has 110 valence electrons. The summed E-state index contributed by atoms with van der Waals surface area (Å²) in [4.78, 5) is 11.3. The van der Waals surface area contributed by atoms with Crippen molar-refractivity contribution in [3.8, 4) is 0 Å². The summed E-state index contributed by atoms with van der Waals surface area (Å²) in [5.74, 6) is 1.14. The first-order valence-corrected chi connectivity index (χ1v) is 7.08. The van der Waals surface area contributed by atoms with E-state index >= 15 is 0 Å². The third kappa shape index (κ3) is 2.95. The number of benzene rings is 1. The van der Waals surface area contributed by atoms with Gasteiger partial charge in [0.05, 0.1) is 11.7 Å². The largest absolute Gasteiger partial charge is 0.412 e. The van der Waals surface area contributed by atoms with Crippen LogP contribution in [0.5, 0.6) is 0 Å². The van der Waals surface area contributed by atoms with E-state index in [1.807, 2.05) is 12.4 Å². The topological polar surface area (TPSA) is 60.0 Å². The van der Waals surface area contributed by atoms with Crippen LogP contribution in [0.15, 0.2) is 53.8 Å². The smallest absolute Gasteiger partial charge is 0.105 e. The van der Waals surface area contributed by atoms with E-state index in [0.717, 1.165) is 24.4 Å². The van der Waals surface area contributed by atoms with E-state index < -0.39 is 0 Å². The summed E-state index contributed by atoms with van der Waals surface area (Å²) in [6.07, 6.45) is 5.64. The van der Waals surface area contributed by atoms with Crippen LogP contribution in [0.4, 0.5) is 5.69 Å². The number of hydrogen-bond acceptors (Lipinski definition) is 3. The molecule has 0 bridgehead atoms. The molecule has 1 aromatic carbocycles. The molecule has 21 heavy (non-hydrogen) atoms. The van der Waals surface area contributed by atoms with Crippen molar-refractivity contribution in [2.75, 3.05) is 7.05 Å². The van der Waals surface area contributed by atoms with Crippen molar-refractivity contribution in [1.82, 2.24) is 9.88 Å². The zero-order valence-corrected chi connectivity index (χ0v) is 12.5. The first kappa shape index (κ1) is 15.2. The van der Waals surface area contributed by atoms with Crippen molar-refractivity contribution in [2.45, 2.75) is 25.8 Å². The highest BCUT2D eigenvalue weighted by atomic mass is 16.0. The highest BCUT2D eigenvalue weighted by Crippen LogP contribution is 2.33. The van der Waals surface area contributed by atoms with Gasteiger partial charge in [-0.3, -0.25) is 4.98 Å². The Morgan fingerprint density at radius 2 is 1.86 bits per heavy atom. The molecule has 0 saturated carbocycles. The number of amidine groups is 1. The molecule has 4 nitrogen and oxygen atoms in total. The fourth-order valence-electron chi connectivity index (χ4n) is 2.79. The first-order chi connectivity index (χ1) is 9.79. The maximum absolute atomic E-state index is 4.84. The van der Waals surface area contributed by atoms with Gasteiger partial charge in [-0.05, 0) is 35.7 Å². The zero-order valence-electron chi connectivity index (χ0n) is 12.5. The Balaban J connectivity index is 0.00000161. The molecule has 0 fully saturated rings. The van der Waals surface area contributed by atoms with E-state index in [2.05, 4.69) is 60.3 Å². The first-order valence-electron chi connectivity index (χ1n) is 7.08. The van der Waals surface area contributed by atoms with Gasteiger partial charge in [-0.2, -0.15) is 0 Å². The number of nitrogens with zero attached hydrogens (tertiary/aromatic N) is 3. The lowest BCUT2D eigenvalue weighted by atomic mass is 9.98. The molecule has 3 rings (SSSR count). The number of rotatable bonds is 2. The Morgan fingerprint density at radius 3 is 2.57 bits per heavy atom. The van der Waals surface area contributed by atoms with Crippen LogP contribution in [-0.2, 0) is 6.42 Å². The molecule has 0 spiro atoms. The van der Waals surface area contributed by atoms with Crippen molar-refractivity contribution < 1.29 is 5.48 Å². The molecule has 1 unspecified atom stereocenters. The number of likely N-dealkylation sites (N-methyl/N-ethyl adjacent to an activating group) is 1. The lowest BCUT2D eigenvalue weighted by Gasteiger charge is -2.29. The van der Waals surface area contributed by atoms with Crippen molar-refractivity contribution >= 4 is 11.5 Å². The molecule has 2 heterocycles. The molecule has 0 aliphatic carbocycles. The van der Waals surface area contributed by atoms with E-state index in [9.17, 15) is 0 Å². The summed E-state index contributed by atoms with van der Waals surface area (Å²) >= 11 is 0. The third-order valence-corrected chi connectivity index (χ3v) is 3.94. The van der Waals surface area contributed by atoms with Crippen LogP contribution in [0.2, 0.25) is 0 Å². The minimum Gasteiger partial charge on any atom is -0.412 e. The van der Waals surface area contributed by atoms with Gasteiger partial charge in [0.2, 0.25) is 0 Å². The number of pyridine rings is 1. The molecule has 0 amide bonds. The third-order valence-electron chi connectivity index (χ3n) is 3.94. The maximum atomic E-state index is 4.84. The second-order valence-electron chi connectivity index (χ2n) is 5.12. The Kier molecular flexibility index (Phi) is 4.70. The van der Waals surface area contributed by atoms with Gasteiger partial charge in [-0.15, -0.1) is 0 Å². The molecular weight excluding hydrogens is 262 g/mol. The minimum absolute atomic E-state index is 0. The summed E-state index contributed by atoms with van der Waals surface area (Å²) in [6.45, 7) is 2.16. The van der Waals surface area contributed by atoms with Gasteiger partial charge >= 0.3 is 0 Å². The number of hydrogen-bond donors (Lipinski definition) is 0. The molecule has 2 aromatic rings. The predicted octanol–water partition coefficient (Wildman–Crippen LogP) is 2.93. The van der Waals surface area contributed by atoms with Crippen LogP contribution in [0.1, 0.15) is 30.5 Å². The Bertz CT molecular complexity index is 625. The van der Waals surface area contributed by atoms with Crippen molar-refractivity contribution in [2.24, 2.45) is 4.99 Å². The molecule has 0 saturated heterocycles. The van der Waals surface area contributed by atoms with Gasteiger partial charge < -0.3 is 10.4 Å². The van der Waals surface area contributed by atoms with E-state index in [-0.39, 0.29) is 5.48 Å². The van der Waals surface area contributed by atoms with Gasteiger partial charge in [0.1, 0.15) is 5.84 Å². The van der Waals surface area contributed by atoms with Crippen LogP contribution in [0.3, 0.4) is 0 Å². The molecular formula is C17H21N3O. The lowest BCUT2D eigenvalue weighted by molar-refractivity contribution is 0.370. The Hall–Kier alpha value is -2.20. The van der Waals surface area contributed by atoms with E-state index in [4.69, 9.17) is 4.99 Å². The Labute approximate surface area is 125 Å². The van der Waals surface area contributed by atoms with Crippen LogP contribution in [0.25, 0.3) is 0 Å². The SMILES string of the molecule is CCC1=Nc2ccccc2CC(c2ccncc2)N1C.O. The average molecular weight is 283 g/mol. The summed E-state index contributed by atoms with van der Waals surface area (Å²) in [7, 11) is 2.14. The molecule has 1 atom stereocenters. The average Bonchev–Trinajstić information content (AvgIpc) is 2.65. The second kappa shape index (κ2) is 6.50. The predicted molar refractivity (Wildman–Crippen MR) is 85.9 cm³/mol. The maximum Gasteiger partial charge on any atom is 0.105 e. The second-order valence-corrected chi connectivity index (χ2v) is 5.12. The van der Waals surface area contributed by atoms with Gasteiger partial charge in [-0.1, -0.05) is 25.1 Å². The highest BCUT2D eigenvalue weighted by molar-refractivity contribution is 5.86. The fourth-order valence-corrected chi connectivity index (χ4v) is 2.79. The molecule has 2 N–H and O–H groups in total. The number of fused-ring (bicyclic) bond motifs is 1. The number of para-hydroxylation sites is 1. The fraction of sp³-hybridized carbons (Fsp3) is 0.294. The van der Waals surface area contributed by atoms with Crippen LogP contribution < -0.4 is 0 Å². The number of aliphatic imine (C=N–C) groups is 1. The molecule has 1 aromatic heterocycles. The van der Waals surface area contributed by atoms with E-state index in [0.29, 0.717) is 6.04 Å². The van der Waals surface area contributed by atoms with Gasteiger partial charge in [0, 0.05) is 25.9 Å². The summed E-state index contributed by atoms with van der Waals surface area (Å²) in [5.41, 5.74) is 3.71. The van der Waals surface area contributed by atoms with Crippen LogP contribution in [-0.4, -0.2) is 28.2 Å². The monoisotopic (exact) mass is 283 g/mol. The highest BCUT2D eigenvalue weighted by Gasteiger charge is 2.24. The molecule has 1 aliphatic heterocycles. The summed E-state index contributed by atoms with van der Waals surface area (Å²) in [6, 6.07) is 13.0. The van der Waals surface area contributed by atoms with Gasteiger partial charge in [-0.25, -0.2) is 4.99 Å². The zero-order chi connectivity index (χ0) is 13.9. The van der Waals surface area contributed by atoms with Crippen LogP contribution >= 0.6 is 0 Å². The molecule has 0 radical (unpaired) electrons. The summed E-state index contributed by atoms with van der Waals surface area (Å²) in [5, 5.41) is 0.